The van der Waals surface area contributed by atoms with Crippen LogP contribution in [0.5, 0.6) is 0 Å². The lowest BCUT2D eigenvalue weighted by Crippen LogP contribution is -1.47. The minimum atomic E-state index is 0. The van der Waals surface area contributed by atoms with Crippen molar-refractivity contribution in [2.24, 2.45) is 0 Å². The van der Waals surface area contributed by atoms with Gasteiger partial charge in [-0.3, -0.25) is 0 Å². The molecule has 1 rings (SSSR count). The lowest BCUT2D eigenvalue weighted by molar-refractivity contribution is 1.72. The van der Waals surface area contributed by atoms with Gasteiger partial charge in [-0.1, -0.05) is 36.4 Å². The molecule has 0 aliphatic carbocycles. The largest absolute Gasteiger partial charge is 0.197 e. The van der Waals surface area contributed by atoms with Gasteiger partial charge in [-0.2, -0.15) is 13.5 Å². The smallest absolute Gasteiger partial charge is 0.0623 e. The SMILES string of the molecule is C=C.S.c1ccccc1. The number of hydrogen-bond donors (Lipinski definition) is 0. The van der Waals surface area contributed by atoms with Crippen LogP contribution in [0.3, 0.4) is 0 Å². The van der Waals surface area contributed by atoms with E-state index < -0.39 is 0 Å². The van der Waals surface area contributed by atoms with Crippen molar-refractivity contribution < 1.29 is 0 Å². The molecule has 0 saturated heterocycles. The Morgan fingerprint density at radius 2 is 0.667 bits per heavy atom. The molecule has 0 unspecified atom stereocenters. The van der Waals surface area contributed by atoms with Crippen molar-refractivity contribution in [2.75, 3.05) is 0 Å². The van der Waals surface area contributed by atoms with Gasteiger partial charge in [0.1, 0.15) is 0 Å². The van der Waals surface area contributed by atoms with Crippen LogP contribution in [-0.4, -0.2) is 0 Å². The van der Waals surface area contributed by atoms with Gasteiger partial charge in [-0.15, -0.1) is 13.2 Å². The summed E-state index contributed by atoms with van der Waals surface area (Å²) in [6.45, 7) is 6.00. The first-order valence-corrected chi connectivity index (χ1v) is 2.50. The van der Waals surface area contributed by atoms with E-state index in [1.807, 2.05) is 36.4 Å². The predicted octanol–water partition coefficient (Wildman–Crippen LogP) is 2.60. The molecule has 0 nitrogen and oxygen atoms in total. The Bertz CT molecular complexity index is 87.4. The minimum Gasteiger partial charge on any atom is -0.197 e. The lowest BCUT2D eigenvalue weighted by atomic mass is 10.4. The maximum absolute atomic E-state index is 3.00. The number of hydrogen-bond acceptors (Lipinski definition) is 0. The molecule has 0 amide bonds. The average molecular weight is 140 g/mol. The van der Waals surface area contributed by atoms with Crippen LogP contribution in [0, 0.1) is 0 Å². The normalized spacial score (nSPS) is 5.78. The van der Waals surface area contributed by atoms with Gasteiger partial charge in [-0.05, 0) is 0 Å². The fraction of sp³-hybridized carbons (Fsp3) is 0. The van der Waals surface area contributed by atoms with E-state index in [1.54, 1.807) is 0 Å². The van der Waals surface area contributed by atoms with Crippen LogP contribution < -0.4 is 0 Å². The maximum atomic E-state index is 3.00. The summed E-state index contributed by atoms with van der Waals surface area (Å²) in [5.74, 6) is 0. The van der Waals surface area contributed by atoms with E-state index in [0.717, 1.165) is 0 Å². The predicted molar refractivity (Wildman–Crippen MR) is 48.1 cm³/mol. The molecule has 0 aromatic heterocycles. The first-order chi connectivity index (χ1) is 4.00. The van der Waals surface area contributed by atoms with Crippen molar-refractivity contribution in [3.05, 3.63) is 49.6 Å². The summed E-state index contributed by atoms with van der Waals surface area (Å²) in [6.07, 6.45) is 0. The fourth-order valence-electron chi connectivity index (χ4n) is 0.385. The van der Waals surface area contributed by atoms with Gasteiger partial charge >= 0.3 is 0 Å². The van der Waals surface area contributed by atoms with E-state index in [2.05, 4.69) is 13.2 Å². The highest BCUT2D eigenvalue weighted by molar-refractivity contribution is 7.59. The second-order valence-corrected chi connectivity index (χ2v) is 1.15. The van der Waals surface area contributed by atoms with E-state index in [0.29, 0.717) is 0 Å². The highest BCUT2D eigenvalue weighted by Gasteiger charge is 1.57. The van der Waals surface area contributed by atoms with E-state index >= 15 is 0 Å². The summed E-state index contributed by atoms with van der Waals surface area (Å²) < 4.78 is 0. The maximum Gasteiger partial charge on any atom is -0.0623 e. The van der Waals surface area contributed by atoms with E-state index in [4.69, 9.17) is 0 Å². The molecule has 0 spiro atoms. The molecule has 1 heteroatoms. The zero-order chi connectivity index (χ0) is 6.24. The zero-order valence-corrected chi connectivity index (χ0v) is 6.38. The Labute approximate surface area is 63.7 Å². The lowest BCUT2D eigenvalue weighted by Gasteiger charge is -1.69. The third-order valence-corrected chi connectivity index (χ3v) is 0.667. The Hall–Kier alpha value is -0.690. The first kappa shape index (κ1) is 11.2. The average Bonchev–Trinajstić information content (AvgIpc) is 1.96. The molecule has 0 radical (unpaired) electrons. The van der Waals surface area contributed by atoms with E-state index in [9.17, 15) is 0 Å². The van der Waals surface area contributed by atoms with Crippen LogP contribution in [0.1, 0.15) is 0 Å². The Balaban J connectivity index is 0. The molecule has 0 bridgehead atoms. The van der Waals surface area contributed by atoms with Crippen LogP contribution in [0.15, 0.2) is 49.6 Å². The van der Waals surface area contributed by atoms with Crippen molar-refractivity contribution >= 4 is 13.5 Å². The first-order valence-electron chi connectivity index (χ1n) is 2.50. The molecule has 0 heterocycles. The molecule has 50 valence electrons. The molecule has 0 aliphatic rings. The molecule has 0 N–H and O–H groups in total. The summed E-state index contributed by atoms with van der Waals surface area (Å²) in [4.78, 5) is 0. The molecule has 0 fully saturated rings. The van der Waals surface area contributed by atoms with Crippen LogP contribution in [0.2, 0.25) is 0 Å². The molecule has 0 saturated carbocycles. The minimum absolute atomic E-state index is 0. The zero-order valence-electron chi connectivity index (χ0n) is 5.38. The summed E-state index contributed by atoms with van der Waals surface area (Å²) in [7, 11) is 0. The molecule has 1 aromatic rings. The monoisotopic (exact) mass is 140 g/mol. The topological polar surface area (TPSA) is 0 Å². The van der Waals surface area contributed by atoms with Gasteiger partial charge in [0.15, 0.2) is 0 Å². The van der Waals surface area contributed by atoms with Gasteiger partial charge in [0.2, 0.25) is 0 Å². The van der Waals surface area contributed by atoms with Crippen molar-refractivity contribution in [3.63, 3.8) is 0 Å². The highest BCUT2D eigenvalue weighted by atomic mass is 32.1. The van der Waals surface area contributed by atoms with Crippen LogP contribution in [-0.2, 0) is 0 Å². The highest BCUT2D eigenvalue weighted by Crippen LogP contribution is 1.79. The number of rotatable bonds is 0. The third-order valence-electron chi connectivity index (χ3n) is 0.667. The molecule has 0 atom stereocenters. The van der Waals surface area contributed by atoms with Crippen LogP contribution in [0.4, 0.5) is 0 Å². The molecular weight excluding hydrogens is 128 g/mol. The Kier molecular flexibility index (Phi) is 12.8. The van der Waals surface area contributed by atoms with E-state index in [1.165, 1.54) is 0 Å². The Morgan fingerprint density at radius 3 is 0.778 bits per heavy atom. The third kappa shape index (κ3) is 7.31. The Morgan fingerprint density at radius 1 is 0.556 bits per heavy atom. The van der Waals surface area contributed by atoms with Gasteiger partial charge in [0.25, 0.3) is 0 Å². The molecule has 0 aliphatic heterocycles. The van der Waals surface area contributed by atoms with Crippen molar-refractivity contribution in [1.82, 2.24) is 0 Å². The van der Waals surface area contributed by atoms with Gasteiger partial charge < -0.3 is 0 Å². The van der Waals surface area contributed by atoms with Crippen molar-refractivity contribution in [3.8, 4) is 0 Å². The van der Waals surface area contributed by atoms with E-state index in [-0.39, 0.29) is 13.5 Å². The summed E-state index contributed by atoms with van der Waals surface area (Å²) in [5.41, 5.74) is 0. The molecule has 1 aromatic carbocycles. The summed E-state index contributed by atoms with van der Waals surface area (Å²) >= 11 is 0. The second-order valence-electron chi connectivity index (χ2n) is 1.15. The molecule has 9 heavy (non-hydrogen) atoms. The second kappa shape index (κ2) is 10.3. The molecular formula is C8H12S. The van der Waals surface area contributed by atoms with Gasteiger partial charge in [0.05, 0.1) is 0 Å². The number of benzene rings is 1. The van der Waals surface area contributed by atoms with Crippen LogP contribution in [0.25, 0.3) is 0 Å². The van der Waals surface area contributed by atoms with Gasteiger partial charge in [0, 0.05) is 0 Å². The summed E-state index contributed by atoms with van der Waals surface area (Å²) in [5, 5.41) is 0. The fourth-order valence-corrected chi connectivity index (χ4v) is 0.385. The quantitative estimate of drug-likeness (QED) is 0.486. The standard InChI is InChI=1S/C6H6.C2H4.H2S/c1-2-4-6-5-3-1;1-2;/h1-6H;1-2H2;1H2. The van der Waals surface area contributed by atoms with Gasteiger partial charge in [-0.25, -0.2) is 0 Å². The summed E-state index contributed by atoms with van der Waals surface area (Å²) in [6, 6.07) is 12.0. The van der Waals surface area contributed by atoms with Crippen molar-refractivity contribution in [2.45, 2.75) is 0 Å². The van der Waals surface area contributed by atoms with Crippen LogP contribution >= 0.6 is 13.5 Å². The van der Waals surface area contributed by atoms with Crippen molar-refractivity contribution in [1.29, 1.82) is 0 Å².